The first-order valence-electron chi connectivity index (χ1n) is 5.47. The van der Waals surface area contributed by atoms with E-state index in [0.717, 1.165) is 24.5 Å². The lowest BCUT2D eigenvalue weighted by Crippen LogP contribution is -2.44. The number of hydrogen-bond donors (Lipinski definition) is 3. The van der Waals surface area contributed by atoms with Crippen LogP contribution in [0.3, 0.4) is 0 Å². The molecule has 1 heterocycles. The molecule has 0 aliphatic carbocycles. The third kappa shape index (κ3) is 4.86. The number of thioether (sulfide) groups is 1. The molecule has 0 spiro atoms. The summed E-state index contributed by atoms with van der Waals surface area (Å²) in [6, 6.07) is 0.202. The van der Waals surface area contributed by atoms with E-state index in [1.165, 1.54) is 0 Å². The molecule has 2 unspecified atom stereocenters. The third-order valence-corrected chi connectivity index (χ3v) is 3.64. The number of carbonyl (C=O) groups excluding carboxylic acids is 1. The summed E-state index contributed by atoms with van der Waals surface area (Å²) < 4.78 is 0. The highest BCUT2D eigenvalue weighted by Gasteiger charge is 2.17. The minimum atomic E-state index is -0.0891. The molecule has 5 heteroatoms. The Morgan fingerprint density at radius 1 is 1.73 bits per heavy atom. The van der Waals surface area contributed by atoms with E-state index < -0.39 is 0 Å². The molecule has 0 aromatic carbocycles. The van der Waals surface area contributed by atoms with Crippen molar-refractivity contribution < 1.29 is 9.90 Å². The summed E-state index contributed by atoms with van der Waals surface area (Å²) in [5.74, 6) is 2.17. The molecule has 0 bridgehead atoms. The highest BCUT2D eigenvalue weighted by molar-refractivity contribution is 7.99. The summed E-state index contributed by atoms with van der Waals surface area (Å²) in [5, 5.41) is 15.1. The first-order valence-corrected chi connectivity index (χ1v) is 6.63. The van der Waals surface area contributed by atoms with Gasteiger partial charge in [-0.15, -0.1) is 0 Å². The maximum atomic E-state index is 11.6. The molecule has 0 saturated carbocycles. The monoisotopic (exact) mass is 232 g/mol. The third-order valence-electron chi connectivity index (χ3n) is 2.51. The van der Waals surface area contributed by atoms with Gasteiger partial charge < -0.3 is 15.7 Å². The molecule has 88 valence electrons. The van der Waals surface area contributed by atoms with E-state index >= 15 is 0 Å². The van der Waals surface area contributed by atoms with Gasteiger partial charge in [0.2, 0.25) is 5.91 Å². The van der Waals surface area contributed by atoms with Gasteiger partial charge in [-0.3, -0.25) is 4.79 Å². The van der Waals surface area contributed by atoms with Gasteiger partial charge in [-0.25, -0.2) is 0 Å². The Labute approximate surface area is 95.2 Å². The molecular weight excluding hydrogens is 212 g/mol. The van der Waals surface area contributed by atoms with Crippen molar-refractivity contribution in [1.29, 1.82) is 0 Å². The summed E-state index contributed by atoms with van der Waals surface area (Å²) in [6.45, 7) is 2.96. The van der Waals surface area contributed by atoms with E-state index in [9.17, 15) is 4.79 Å². The summed E-state index contributed by atoms with van der Waals surface area (Å²) in [7, 11) is 0. The molecule has 2 atom stereocenters. The molecule has 15 heavy (non-hydrogen) atoms. The minimum Gasteiger partial charge on any atom is -0.394 e. The second kappa shape index (κ2) is 7.09. The van der Waals surface area contributed by atoms with E-state index in [4.69, 9.17) is 5.11 Å². The summed E-state index contributed by atoms with van der Waals surface area (Å²) in [5.41, 5.74) is 0. The van der Waals surface area contributed by atoms with Crippen molar-refractivity contribution >= 4 is 17.7 Å². The number of aliphatic hydroxyl groups is 1. The molecule has 1 fully saturated rings. The van der Waals surface area contributed by atoms with E-state index in [2.05, 4.69) is 10.6 Å². The fraction of sp³-hybridized carbons (Fsp3) is 0.900. The van der Waals surface area contributed by atoms with Gasteiger partial charge in [0.25, 0.3) is 0 Å². The van der Waals surface area contributed by atoms with Crippen LogP contribution in [0.4, 0.5) is 0 Å². The van der Waals surface area contributed by atoms with Gasteiger partial charge in [0.15, 0.2) is 0 Å². The first kappa shape index (κ1) is 12.8. The smallest absolute Gasteiger partial charge is 0.221 e. The average Bonchev–Trinajstić information content (AvgIpc) is 2.27. The van der Waals surface area contributed by atoms with Crippen LogP contribution < -0.4 is 10.6 Å². The molecule has 1 saturated heterocycles. The van der Waals surface area contributed by atoms with Crippen LogP contribution in [0.25, 0.3) is 0 Å². The molecular formula is C10H20N2O2S. The number of rotatable bonds is 5. The fourth-order valence-electron chi connectivity index (χ4n) is 1.54. The van der Waals surface area contributed by atoms with Crippen molar-refractivity contribution in [1.82, 2.24) is 10.6 Å². The maximum Gasteiger partial charge on any atom is 0.221 e. The molecule has 4 nitrogen and oxygen atoms in total. The van der Waals surface area contributed by atoms with Gasteiger partial charge in [-0.1, -0.05) is 6.92 Å². The largest absolute Gasteiger partial charge is 0.394 e. The standard InChI is InChI=1S/C10H20N2O2S/c1-2-8(6-13)12-10(14)5-9-7-15-4-3-11-9/h8-9,11,13H,2-7H2,1H3,(H,12,14). The van der Waals surface area contributed by atoms with Crippen molar-refractivity contribution in [2.45, 2.75) is 31.8 Å². The van der Waals surface area contributed by atoms with Gasteiger partial charge >= 0.3 is 0 Å². The fourth-order valence-corrected chi connectivity index (χ4v) is 2.49. The second-order valence-corrected chi connectivity index (χ2v) is 4.94. The van der Waals surface area contributed by atoms with Crippen LogP contribution in [-0.4, -0.2) is 47.8 Å². The van der Waals surface area contributed by atoms with E-state index in [0.29, 0.717) is 12.5 Å². The van der Waals surface area contributed by atoms with Crippen LogP contribution >= 0.6 is 11.8 Å². The lowest BCUT2D eigenvalue weighted by molar-refractivity contribution is -0.122. The number of carbonyl (C=O) groups is 1. The molecule has 0 aromatic heterocycles. The second-order valence-electron chi connectivity index (χ2n) is 3.79. The van der Waals surface area contributed by atoms with Crippen LogP contribution in [0.5, 0.6) is 0 Å². The van der Waals surface area contributed by atoms with Crippen LogP contribution in [0, 0.1) is 0 Å². The van der Waals surface area contributed by atoms with Crippen molar-refractivity contribution in [2.24, 2.45) is 0 Å². The minimum absolute atomic E-state index is 0.0229. The summed E-state index contributed by atoms with van der Waals surface area (Å²) in [6.07, 6.45) is 1.29. The molecule has 1 rings (SSSR count). The van der Waals surface area contributed by atoms with Gasteiger partial charge in [0.1, 0.15) is 0 Å². The molecule has 1 amide bonds. The van der Waals surface area contributed by atoms with Crippen LogP contribution in [-0.2, 0) is 4.79 Å². The predicted octanol–water partition coefficient (Wildman–Crippen LogP) is -0.0314. The maximum absolute atomic E-state index is 11.6. The number of hydrogen-bond acceptors (Lipinski definition) is 4. The van der Waals surface area contributed by atoms with E-state index in [1.807, 2.05) is 18.7 Å². The molecule has 0 aromatic rings. The van der Waals surface area contributed by atoms with Crippen LogP contribution in [0.2, 0.25) is 0 Å². The normalized spacial score (nSPS) is 23.5. The van der Waals surface area contributed by atoms with Crippen LogP contribution in [0.1, 0.15) is 19.8 Å². The molecule has 3 N–H and O–H groups in total. The Bertz CT molecular complexity index is 192. The quantitative estimate of drug-likeness (QED) is 0.623. The van der Waals surface area contributed by atoms with E-state index in [1.54, 1.807) is 0 Å². The SMILES string of the molecule is CCC(CO)NC(=O)CC1CSCCN1. The van der Waals surface area contributed by atoms with Gasteiger partial charge in [-0.05, 0) is 6.42 Å². The molecule has 1 aliphatic heterocycles. The zero-order chi connectivity index (χ0) is 11.1. The van der Waals surface area contributed by atoms with Crippen molar-refractivity contribution in [3.63, 3.8) is 0 Å². The van der Waals surface area contributed by atoms with Crippen molar-refractivity contribution in [2.75, 3.05) is 24.7 Å². The van der Waals surface area contributed by atoms with Gasteiger partial charge in [0, 0.05) is 30.5 Å². The Morgan fingerprint density at radius 2 is 2.53 bits per heavy atom. The zero-order valence-electron chi connectivity index (χ0n) is 9.16. The highest BCUT2D eigenvalue weighted by Crippen LogP contribution is 2.10. The Balaban J connectivity index is 2.21. The molecule has 0 radical (unpaired) electrons. The number of nitrogens with one attached hydrogen (secondary N) is 2. The van der Waals surface area contributed by atoms with Crippen molar-refractivity contribution in [3.05, 3.63) is 0 Å². The Kier molecular flexibility index (Phi) is 6.05. The Hall–Kier alpha value is -0.260. The highest BCUT2D eigenvalue weighted by atomic mass is 32.2. The Morgan fingerprint density at radius 3 is 3.07 bits per heavy atom. The van der Waals surface area contributed by atoms with Crippen molar-refractivity contribution in [3.8, 4) is 0 Å². The first-order chi connectivity index (χ1) is 7.26. The van der Waals surface area contributed by atoms with Gasteiger partial charge in [0.05, 0.1) is 12.6 Å². The zero-order valence-corrected chi connectivity index (χ0v) is 9.98. The van der Waals surface area contributed by atoms with Crippen LogP contribution in [0.15, 0.2) is 0 Å². The summed E-state index contributed by atoms with van der Waals surface area (Å²) >= 11 is 1.88. The topological polar surface area (TPSA) is 61.4 Å². The van der Waals surface area contributed by atoms with E-state index in [-0.39, 0.29) is 18.6 Å². The van der Waals surface area contributed by atoms with Gasteiger partial charge in [-0.2, -0.15) is 11.8 Å². The average molecular weight is 232 g/mol. The predicted molar refractivity (Wildman–Crippen MR) is 63.0 cm³/mol. The summed E-state index contributed by atoms with van der Waals surface area (Å²) in [4.78, 5) is 11.6. The lowest BCUT2D eigenvalue weighted by atomic mass is 10.2. The molecule has 1 aliphatic rings. The lowest BCUT2D eigenvalue weighted by Gasteiger charge is -2.23. The number of amides is 1. The number of aliphatic hydroxyl groups excluding tert-OH is 1.